The second kappa shape index (κ2) is 6.41. The van der Waals surface area contributed by atoms with Crippen LogP contribution >= 0.6 is 0 Å². The third-order valence-corrected chi connectivity index (χ3v) is 3.22. The molecule has 0 aliphatic carbocycles. The molecule has 9 nitrogen and oxygen atoms in total. The zero-order valence-corrected chi connectivity index (χ0v) is 13.1. The molecule has 0 unspecified atom stereocenters. The van der Waals surface area contributed by atoms with Gasteiger partial charge in [-0.1, -0.05) is 12.1 Å². The fourth-order valence-corrected chi connectivity index (χ4v) is 2.14. The maximum atomic E-state index is 11.3. The highest BCUT2D eigenvalue weighted by atomic mass is 16.7. The van der Waals surface area contributed by atoms with Gasteiger partial charge in [-0.2, -0.15) is 0 Å². The maximum absolute atomic E-state index is 11.3. The van der Waals surface area contributed by atoms with E-state index in [2.05, 4.69) is 10.2 Å². The van der Waals surface area contributed by atoms with Crippen molar-refractivity contribution in [2.75, 3.05) is 0 Å². The van der Waals surface area contributed by atoms with Gasteiger partial charge in [0.25, 0.3) is 12.0 Å². The van der Waals surface area contributed by atoms with Crippen molar-refractivity contribution >= 4 is 5.69 Å². The topological polar surface area (TPSA) is 97.2 Å². The van der Waals surface area contributed by atoms with Gasteiger partial charge in [-0.25, -0.2) is 0 Å². The molecule has 2 aromatic heterocycles. The minimum atomic E-state index is -1.06. The second-order valence-corrected chi connectivity index (χ2v) is 5.04. The lowest BCUT2D eigenvalue weighted by Crippen LogP contribution is -2.17. The van der Waals surface area contributed by atoms with Crippen LogP contribution in [0.5, 0.6) is 11.8 Å². The average molecular weight is 329 g/mol. The van der Waals surface area contributed by atoms with Gasteiger partial charge < -0.3 is 9.47 Å². The summed E-state index contributed by atoms with van der Waals surface area (Å²) in [7, 11) is 3.49. The van der Waals surface area contributed by atoms with Gasteiger partial charge in [0.15, 0.2) is 0 Å². The Labute approximate surface area is 137 Å². The number of ether oxygens (including phenoxy) is 2. The summed E-state index contributed by atoms with van der Waals surface area (Å²) in [6, 6.07) is 9.52. The van der Waals surface area contributed by atoms with E-state index in [1.54, 1.807) is 66.2 Å². The Balaban J connectivity index is 1.96. The number of aryl methyl sites for hydroxylation is 2. The molecular formula is C15H15N5O4. The molecule has 0 saturated carbocycles. The third-order valence-electron chi connectivity index (χ3n) is 3.22. The van der Waals surface area contributed by atoms with E-state index in [0.717, 1.165) is 0 Å². The monoisotopic (exact) mass is 329 g/mol. The lowest BCUT2D eigenvalue weighted by atomic mass is 10.1. The molecule has 0 spiro atoms. The van der Waals surface area contributed by atoms with Crippen LogP contribution in [0.15, 0.2) is 48.8 Å². The summed E-state index contributed by atoms with van der Waals surface area (Å²) in [5.74, 6) is 0.577. The lowest BCUT2D eigenvalue weighted by Gasteiger charge is -2.18. The first-order chi connectivity index (χ1) is 11.5. The fourth-order valence-electron chi connectivity index (χ4n) is 2.14. The van der Waals surface area contributed by atoms with Crippen LogP contribution < -0.4 is 9.47 Å². The molecule has 0 N–H and O–H groups in total. The van der Waals surface area contributed by atoms with E-state index < -0.39 is 11.2 Å². The summed E-state index contributed by atoms with van der Waals surface area (Å²) < 4.78 is 14.6. The number of rotatable bonds is 6. The van der Waals surface area contributed by atoms with Crippen LogP contribution in [0.1, 0.15) is 11.9 Å². The van der Waals surface area contributed by atoms with Gasteiger partial charge in [-0.3, -0.25) is 19.5 Å². The summed E-state index contributed by atoms with van der Waals surface area (Å²) in [4.78, 5) is 10.8. The number of nitro groups is 1. The molecule has 3 rings (SSSR count). The first-order valence-corrected chi connectivity index (χ1v) is 7.09. The van der Waals surface area contributed by atoms with Gasteiger partial charge in [-0.05, 0) is 6.07 Å². The Bertz CT molecular complexity index is 815. The minimum absolute atomic E-state index is 0.102. The number of nitro benzene ring substituents is 1. The van der Waals surface area contributed by atoms with Crippen LogP contribution in [0, 0.1) is 10.1 Å². The number of para-hydroxylation sites is 1. The molecule has 0 atom stereocenters. The van der Waals surface area contributed by atoms with Gasteiger partial charge in [0.05, 0.1) is 4.92 Å². The number of aromatic nitrogens is 4. The van der Waals surface area contributed by atoms with Crippen molar-refractivity contribution in [1.82, 2.24) is 19.6 Å². The molecule has 3 aromatic rings. The van der Waals surface area contributed by atoms with Crippen LogP contribution in [-0.4, -0.2) is 24.5 Å². The van der Waals surface area contributed by atoms with Crippen molar-refractivity contribution in [3.63, 3.8) is 0 Å². The number of benzene rings is 1. The van der Waals surface area contributed by atoms with Crippen molar-refractivity contribution in [1.29, 1.82) is 0 Å². The van der Waals surface area contributed by atoms with Crippen molar-refractivity contribution in [3.05, 3.63) is 64.5 Å². The highest BCUT2D eigenvalue weighted by molar-refractivity contribution is 5.41. The number of hydrogen-bond acceptors (Lipinski definition) is 6. The van der Waals surface area contributed by atoms with Crippen molar-refractivity contribution in [3.8, 4) is 11.8 Å². The number of hydrogen-bond donors (Lipinski definition) is 0. The summed E-state index contributed by atoms with van der Waals surface area (Å²) in [5.41, 5.74) is 0.174. The SMILES string of the molecule is Cn1ccc(OC(Oc2ccn(C)n2)c2ccccc2[N+](=O)[O-])n1. The molecule has 0 saturated heterocycles. The van der Waals surface area contributed by atoms with Crippen LogP contribution in [0.2, 0.25) is 0 Å². The van der Waals surface area contributed by atoms with E-state index in [-0.39, 0.29) is 23.0 Å². The molecule has 0 radical (unpaired) electrons. The molecule has 1 aromatic carbocycles. The molecule has 124 valence electrons. The molecule has 0 aliphatic heterocycles. The smallest absolute Gasteiger partial charge is 0.280 e. The van der Waals surface area contributed by atoms with Gasteiger partial charge in [0.1, 0.15) is 5.56 Å². The van der Waals surface area contributed by atoms with Crippen LogP contribution in [-0.2, 0) is 14.1 Å². The Morgan fingerprint density at radius 2 is 1.54 bits per heavy atom. The normalized spacial score (nSPS) is 10.8. The first kappa shape index (κ1) is 15.5. The zero-order chi connectivity index (χ0) is 17.1. The summed E-state index contributed by atoms with van der Waals surface area (Å²) in [6.45, 7) is 0. The lowest BCUT2D eigenvalue weighted by molar-refractivity contribution is -0.386. The van der Waals surface area contributed by atoms with E-state index in [0.29, 0.717) is 0 Å². The van der Waals surface area contributed by atoms with Crippen LogP contribution in [0.25, 0.3) is 0 Å². The molecule has 0 amide bonds. The van der Waals surface area contributed by atoms with E-state index in [9.17, 15) is 10.1 Å². The Hall–Kier alpha value is -3.36. The van der Waals surface area contributed by atoms with Crippen molar-refractivity contribution in [2.45, 2.75) is 6.29 Å². The van der Waals surface area contributed by atoms with E-state index >= 15 is 0 Å². The summed E-state index contributed by atoms with van der Waals surface area (Å²) in [5, 5.41) is 19.5. The minimum Gasteiger partial charge on any atom is -0.431 e. The summed E-state index contributed by atoms with van der Waals surface area (Å²) in [6.07, 6.45) is 2.34. The Morgan fingerprint density at radius 1 is 1.00 bits per heavy atom. The molecule has 0 fully saturated rings. The van der Waals surface area contributed by atoms with Crippen molar-refractivity contribution < 1.29 is 14.4 Å². The fraction of sp³-hybridized carbons (Fsp3) is 0.200. The highest BCUT2D eigenvalue weighted by Crippen LogP contribution is 2.30. The number of nitrogens with zero attached hydrogens (tertiary/aromatic N) is 5. The standard InChI is InChI=1S/C15H15N5O4/c1-18-9-7-13(16-18)23-15(24-14-8-10-19(2)17-14)11-5-3-4-6-12(11)20(21)22/h3-10,15H,1-2H3. The predicted molar refractivity (Wildman–Crippen MR) is 83.5 cm³/mol. The molecule has 0 bridgehead atoms. The largest absolute Gasteiger partial charge is 0.431 e. The van der Waals surface area contributed by atoms with Crippen molar-refractivity contribution in [2.24, 2.45) is 14.1 Å². The van der Waals surface area contributed by atoms with Gasteiger partial charge in [0, 0.05) is 44.7 Å². The zero-order valence-electron chi connectivity index (χ0n) is 13.1. The molecular weight excluding hydrogens is 314 g/mol. The van der Waals surface area contributed by atoms with E-state index in [4.69, 9.17) is 9.47 Å². The first-order valence-electron chi connectivity index (χ1n) is 7.09. The summed E-state index contributed by atoms with van der Waals surface area (Å²) >= 11 is 0. The van der Waals surface area contributed by atoms with Gasteiger partial charge in [-0.15, -0.1) is 10.2 Å². The Morgan fingerprint density at radius 3 is 2.00 bits per heavy atom. The van der Waals surface area contributed by atoms with Crippen LogP contribution in [0.4, 0.5) is 5.69 Å². The molecule has 24 heavy (non-hydrogen) atoms. The van der Waals surface area contributed by atoms with E-state index in [1.807, 2.05) is 0 Å². The average Bonchev–Trinajstić information content (AvgIpc) is 3.15. The predicted octanol–water partition coefficient (Wildman–Crippen LogP) is 2.22. The van der Waals surface area contributed by atoms with E-state index in [1.165, 1.54) is 6.07 Å². The Kier molecular flexibility index (Phi) is 4.15. The van der Waals surface area contributed by atoms with Gasteiger partial charge >= 0.3 is 0 Å². The molecule has 9 heteroatoms. The molecule has 2 heterocycles. The van der Waals surface area contributed by atoms with Crippen LogP contribution in [0.3, 0.4) is 0 Å². The van der Waals surface area contributed by atoms with Gasteiger partial charge in [0.2, 0.25) is 11.8 Å². The third kappa shape index (κ3) is 3.35. The molecule has 0 aliphatic rings. The quantitative estimate of drug-likeness (QED) is 0.391. The highest BCUT2D eigenvalue weighted by Gasteiger charge is 2.26. The maximum Gasteiger partial charge on any atom is 0.280 e. The second-order valence-electron chi connectivity index (χ2n) is 5.04.